The average Bonchev–Trinajstić information content (AvgIpc) is 2.77. The molecule has 7 nitrogen and oxygen atoms in total. The predicted molar refractivity (Wildman–Crippen MR) is 83.5 cm³/mol. The van der Waals surface area contributed by atoms with E-state index < -0.39 is 23.7 Å². The normalized spacial score (nSPS) is 19.1. The molecule has 0 aromatic heterocycles. The standard InChI is InChI=1S/C16H24N2O5/c1-5-11-9-13(19)18(10-11)12(14(20)21)7-6-8-17-15(22)23-16(2,3)4/h1,11-12H,6-10H2,2-4H3,(H,17,22)(H,20,21)/t11?,12-/m0/s1. The van der Waals surface area contributed by atoms with Crippen LogP contribution in [0.15, 0.2) is 0 Å². The molecule has 0 spiro atoms. The molecular weight excluding hydrogens is 300 g/mol. The van der Waals surface area contributed by atoms with Crippen LogP contribution in [0.4, 0.5) is 4.79 Å². The van der Waals surface area contributed by atoms with E-state index in [1.807, 2.05) is 0 Å². The molecule has 0 bridgehead atoms. The third-order valence-corrected chi connectivity index (χ3v) is 3.38. The Kier molecular flexibility index (Phi) is 6.43. The van der Waals surface area contributed by atoms with Crippen LogP contribution in [0, 0.1) is 18.3 Å². The van der Waals surface area contributed by atoms with Crippen molar-refractivity contribution in [3.8, 4) is 12.3 Å². The number of hydrogen-bond donors (Lipinski definition) is 2. The monoisotopic (exact) mass is 324 g/mol. The van der Waals surface area contributed by atoms with Gasteiger partial charge in [0.15, 0.2) is 0 Å². The largest absolute Gasteiger partial charge is 0.480 e. The second-order valence-corrected chi connectivity index (χ2v) is 6.54. The zero-order chi connectivity index (χ0) is 17.6. The number of rotatable bonds is 6. The van der Waals surface area contributed by atoms with Gasteiger partial charge in [0.2, 0.25) is 5.91 Å². The van der Waals surface area contributed by atoms with Gasteiger partial charge in [-0.05, 0) is 33.6 Å². The third-order valence-electron chi connectivity index (χ3n) is 3.38. The second-order valence-electron chi connectivity index (χ2n) is 6.54. The van der Waals surface area contributed by atoms with Crippen molar-refractivity contribution < 1.29 is 24.2 Å². The number of carboxylic acids is 1. The number of hydrogen-bond acceptors (Lipinski definition) is 4. The zero-order valence-corrected chi connectivity index (χ0v) is 13.8. The Bertz CT molecular complexity index is 504. The first-order chi connectivity index (χ1) is 10.6. The topological polar surface area (TPSA) is 95.9 Å². The fraction of sp³-hybridized carbons (Fsp3) is 0.688. The molecule has 1 aliphatic heterocycles. The molecule has 128 valence electrons. The van der Waals surface area contributed by atoms with E-state index in [1.54, 1.807) is 20.8 Å². The fourth-order valence-electron chi connectivity index (χ4n) is 2.36. The van der Waals surface area contributed by atoms with Gasteiger partial charge in [-0.25, -0.2) is 9.59 Å². The lowest BCUT2D eigenvalue weighted by atomic mass is 10.1. The van der Waals surface area contributed by atoms with Crippen molar-refractivity contribution in [3.63, 3.8) is 0 Å². The molecule has 1 aliphatic rings. The van der Waals surface area contributed by atoms with Crippen LogP contribution in [0.1, 0.15) is 40.0 Å². The summed E-state index contributed by atoms with van der Waals surface area (Å²) in [4.78, 5) is 36.1. The lowest BCUT2D eigenvalue weighted by Gasteiger charge is -2.24. The van der Waals surface area contributed by atoms with Crippen molar-refractivity contribution in [3.05, 3.63) is 0 Å². The van der Waals surface area contributed by atoms with Crippen LogP contribution in [0.5, 0.6) is 0 Å². The van der Waals surface area contributed by atoms with Gasteiger partial charge in [-0.15, -0.1) is 12.3 Å². The van der Waals surface area contributed by atoms with Crippen LogP contribution >= 0.6 is 0 Å². The number of carbonyl (C=O) groups excluding carboxylic acids is 2. The molecule has 1 saturated heterocycles. The van der Waals surface area contributed by atoms with Crippen molar-refractivity contribution in [1.82, 2.24) is 10.2 Å². The first-order valence-electron chi connectivity index (χ1n) is 7.59. The van der Waals surface area contributed by atoms with Gasteiger partial charge in [-0.3, -0.25) is 4.79 Å². The van der Waals surface area contributed by atoms with Crippen LogP contribution < -0.4 is 5.32 Å². The molecule has 0 aromatic carbocycles. The number of alkyl carbamates (subject to hydrolysis) is 1. The molecule has 0 aliphatic carbocycles. The number of aliphatic carboxylic acids is 1. The van der Waals surface area contributed by atoms with Crippen LogP contribution in [0.3, 0.4) is 0 Å². The van der Waals surface area contributed by atoms with E-state index >= 15 is 0 Å². The highest BCUT2D eigenvalue weighted by Gasteiger charge is 2.36. The molecule has 7 heteroatoms. The molecule has 1 rings (SSSR count). The van der Waals surface area contributed by atoms with E-state index in [1.165, 1.54) is 4.90 Å². The first kappa shape index (κ1) is 18.8. The number of terminal acetylenes is 1. The Balaban J connectivity index is 2.44. The zero-order valence-electron chi connectivity index (χ0n) is 13.8. The minimum Gasteiger partial charge on any atom is -0.480 e. The minimum atomic E-state index is -1.06. The molecule has 0 radical (unpaired) electrons. The summed E-state index contributed by atoms with van der Waals surface area (Å²) in [5, 5.41) is 11.9. The number of ether oxygens (including phenoxy) is 1. The highest BCUT2D eigenvalue weighted by Crippen LogP contribution is 2.21. The summed E-state index contributed by atoms with van der Waals surface area (Å²) < 4.78 is 5.08. The third kappa shape index (κ3) is 6.19. The minimum absolute atomic E-state index is 0.191. The SMILES string of the molecule is C#CC1CC(=O)N([C@@H](CCCNC(=O)OC(C)(C)C)C(=O)O)C1. The molecule has 1 heterocycles. The van der Waals surface area contributed by atoms with Gasteiger partial charge in [0.1, 0.15) is 11.6 Å². The molecular formula is C16H24N2O5. The van der Waals surface area contributed by atoms with E-state index in [0.717, 1.165) is 0 Å². The van der Waals surface area contributed by atoms with Gasteiger partial charge in [-0.1, -0.05) is 0 Å². The predicted octanol–water partition coefficient (Wildman–Crippen LogP) is 1.23. The highest BCUT2D eigenvalue weighted by molar-refractivity contribution is 5.85. The molecule has 2 amide bonds. The van der Waals surface area contributed by atoms with Crippen LogP contribution in [0.25, 0.3) is 0 Å². The number of likely N-dealkylation sites (tertiary alicyclic amines) is 1. The summed E-state index contributed by atoms with van der Waals surface area (Å²) in [6.07, 6.45) is 5.61. The van der Waals surface area contributed by atoms with E-state index in [2.05, 4.69) is 11.2 Å². The van der Waals surface area contributed by atoms with Gasteiger partial charge in [0, 0.05) is 25.4 Å². The van der Waals surface area contributed by atoms with Gasteiger partial charge >= 0.3 is 12.1 Å². The van der Waals surface area contributed by atoms with Crippen LogP contribution in [-0.2, 0) is 14.3 Å². The fourth-order valence-corrected chi connectivity index (χ4v) is 2.36. The van der Waals surface area contributed by atoms with Crippen molar-refractivity contribution in [2.45, 2.75) is 51.7 Å². The van der Waals surface area contributed by atoms with E-state index in [9.17, 15) is 19.5 Å². The maximum atomic E-state index is 11.9. The first-order valence-corrected chi connectivity index (χ1v) is 7.59. The number of carboxylic acid groups (broad SMARTS) is 1. The van der Waals surface area contributed by atoms with Gasteiger partial charge < -0.3 is 20.1 Å². The average molecular weight is 324 g/mol. The molecule has 0 aromatic rings. The Morgan fingerprint density at radius 1 is 1.52 bits per heavy atom. The molecule has 1 fully saturated rings. The summed E-state index contributed by atoms with van der Waals surface area (Å²) in [7, 11) is 0. The molecule has 23 heavy (non-hydrogen) atoms. The molecule has 2 N–H and O–H groups in total. The second kappa shape index (κ2) is 7.86. The molecule has 1 unspecified atom stereocenters. The van der Waals surface area contributed by atoms with Gasteiger partial charge in [0.05, 0.1) is 0 Å². The summed E-state index contributed by atoms with van der Waals surface area (Å²) in [6, 6.07) is -0.915. The van der Waals surface area contributed by atoms with E-state index in [-0.39, 0.29) is 37.8 Å². The van der Waals surface area contributed by atoms with Gasteiger partial charge in [-0.2, -0.15) is 0 Å². The Morgan fingerprint density at radius 3 is 2.65 bits per heavy atom. The number of nitrogens with zero attached hydrogens (tertiary/aromatic N) is 1. The lowest BCUT2D eigenvalue weighted by molar-refractivity contribution is -0.148. The number of carbonyl (C=O) groups is 3. The smallest absolute Gasteiger partial charge is 0.407 e. The van der Waals surface area contributed by atoms with Crippen molar-refractivity contribution >= 4 is 18.0 Å². The summed E-state index contributed by atoms with van der Waals surface area (Å²) in [5.74, 6) is 0.963. The maximum absolute atomic E-state index is 11.9. The van der Waals surface area contributed by atoms with Crippen molar-refractivity contribution in [1.29, 1.82) is 0 Å². The summed E-state index contributed by atoms with van der Waals surface area (Å²) in [6.45, 7) is 5.82. The Labute approximate surface area is 136 Å². The lowest BCUT2D eigenvalue weighted by Crippen LogP contribution is -2.42. The van der Waals surface area contributed by atoms with Crippen LogP contribution in [0.2, 0.25) is 0 Å². The maximum Gasteiger partial charge on any atom is 0.407 e. The summed E-state index contributed by atoms with van der Waals surface area (Å²) in [5.41, 5.74) is -0.583. The van der Waals surface area contributed by atoms with Crippen LogP contribution in [-0.4, -0.2) is 52.7 Å². The molecule has 0 saturated carbocycles. The molecule has 2 atom stereocenters. The Hall–Kier alpha value is -2.23. The summed E-state index contributed by atoms with van der Waals surface area (Å²) >= 11 is 0. The highest BCUT2D eigenvalue weighted by atomic mass is 16.6. The number of amides is 2. The Morgan fingerprint density at radius 2 is 2.17 bits per heavy atom. The van der Waals surface area contributed by atoms with Crippen molar-refractivity contribution in [2.75, 3.05) is 13.1 Å². The van der Waals surface area contributed by atoms with Crippen molar-refractivity contribution in [2.24, 2.45) is 5.92 Å². The number of nitrogens with one attached hydrogen (secondary N) is 1. The van der Waals surface area contributed by atoms with E-state index in [0.29, 0.717) is 6.42 Å². The van der Waals surface area contributed by atoms with Gasteiger partial charge in [0.25, 0.3) is 0 Å². The quantitative estimate of drug-likeness (QED) is 0.566. The van der Waals surface area contributed by atoms with E-state index in [4.69, 9.17) is 11.2 Å².